The molecule has 0 radical (unpaired) electrons. The summed E-state index contributed by atoms with van der Waals surface area (Å²) < 4.78 is 16.3. The van der Waals surface area contributed by atoms with E-state index in [0.717, 1.165) is 68.0 Å². The van der Waals surface area contributed by atoms with Crippen molar-refractivity contribution in [3.8, 4) is 17.2 Å². The SMILES string of the molecule is COc1ccc(/C2=C3\C=CC(=N3)c3ccc([nH]3)C(O)(c3ccc(OC)cc3)c3ccc([nH]3)/C(c3ccc(OC)cc3)=C3/C=CC2=N3)cc1. The molecule has 0 saturated carbocycles. The Hall–Kier alpha value is -6.12. The summed E-state index contributed by atoms with van der Waals surface area (Å²) in [5.74, 6) is 2.22. The van der Waals surface area contributed by atoms with Crippen molar-refractivity contribution in [3.63, 3.8) is 0 Å². The van der Waals surface area contributed by atoms with E-state index in [2.05, 4.69) is 9.97 Å². The Bertz CT molecular complexity index is 2230. The molecule has 3 aliphatic rings. The molecule has 0 fully saturated rings. The second-order valence-electron chi connectivity index (χ2n) is 11.6. The van der Waals surface area contributed by atoms with E-state index in [1.54, 1.807) is 21.3 Å². The van der Waals surface area contributed by atoms with Crippen molar-refractivity contribution in [3.05, 3.63) is 172 Å². The molecule has 48 heavy (non-hydrogen) atoms. The molecule has 0 saturated heterocycles. The maximum absolute atomic E-state index is 12.8. The van der Waals surface area contributed by atoms with Crippen molar-refractivity contribution in [2.45, 2.75) is 5.60 Å². The van der Waals surface area contributed by atoms with Gasteiger partial charge in [0.1, 0.15) is 17.2 Å². The van der Waals surface area contributed by atoms with Gasteiger partial charge in [0.15, 0.2) is 5.60 Å². The van der Waals surface area contributed by atoms with Crippen LogP contribution in [-0.4, -0.2) is 47.8 Å². The number of fused-ring (bicyclic) bond motifs is 7. The van der Waals surface area contributed by atoms with Gasteiger partial charge < -0.3 is 29.3 Å². The second kappa shape index (κ2) is 11.6. The van der Waals surface area contributed by atoms with Gasteiger partial charge in [-0.1, -0.05) is 36.4 Å². The minimum absolute atomic E-state index is 0.588. The maximum Gasteiger partial charge on any atom is 0.169 e. The number of H-pyrrole nitrogens is 2. The predicted molar refractivity (Wildman–Crippen MR) is 188 cm³/mol. The third kappa shape index (κ3) is 4.82. The molecule has 236 valence electrons. The summed E-state index contributed by atoms with van der Waals surface area (Å²) in [5.41, 5.74) is 8.62. The quantitative estimate of drug-likeness (QED) is 0.184. The first kappa shape index (κ1) is 29.3. The third-order valence-corrected chi connectivity index (χ3v) is 9.01. The Morgan fingerprint density at radius 2 is 0.958 bits per heavy atom. The van der Waals surface area contributed by atoms with Gasteiger partial charge in [-0.25, -0.2) is 9.98 Å². The number of aliphatic imine (C=N–C) groups is 2. The fourth-order valence-electron chi connectivity index (χ4n) is 6.47. The first-order valence-electron chi connectivity index (χ1n) is 15.6. The van der Waals surface area contributed by atoms with Crippen LogP contribution in [-0.2, 0) is 5.60 Å². The molecule has 3 N–H and O–H groups in total. The van der Waals surface area contributed by atoms with E-state index in [1.807, 2.05) is 121 Å². The summed E-state index contributed by atoms with van der Waals surface area (Å²) in [7, 11) is 4.94. The summed E-state index contributed by atoms with van der Waals surface area (Å²) >= 11 is 0. The van der Waals surface area contributed by atoms with Crippen molar-refractivity contribution >= 4 is 22.6 Å². The number of allylic oxidation sites excluding steroid dienone is 5. The van der Waals surface area contributed by atoms with Gasteiger partial charge >= 0.3 is 0 Å². The molecule has 3 aromatic carbocycles. The Labute approximate surface area is 277 Å². The highest BCUT2D eigenvalue weighted by atomic mass is 16.5. The summed E-state index contributed by atoms with van der Waals surface area (Å²) in [5, 5.41) is 12.8. The summed E-state index contributed by atoms with van der Waals surface area (Å²) in [4.78, 5) is 17.4. The number of aromatic nitrogens is 2. The van der Waals surface area contributed by atoms with Crippen LogP contribution in [0.15, 0.2) is 143 Å². The molecule has 5 aromatic rings. The molecule has 8 rings (SSSR count). The average Bonchev–Trinajstić information content (AvgIpc) is 3.97. The predicted octanol–water partition coefficient (Wildman–Crippen LogP) is 7.21. The zero-order chi connectivity index (χ0) is 32.8. The fraction of sp³-hybridized carbons (Fsp3) is 0.100. The monoisotopic (exact) mass is 632 g/mol. The van der Waals surface area contributed by atoms with Crippen LogP contribution in [0.5, 0.6) is 17.2 Å². The Morgan fingerprint density at radius 3 is 1.54 bits per heavy atom. The molecule has 0 aliphatic carbocycles. The van der Waals surface area contributed by atoms with Gasteiger partial charge in [-0.05, 0) is 102 Å². The first-order chi connectivity index (χ1) is 23.5. The Morgan fingerprint density at radius 1 is 0.500 bits per heavy atom. The number of hydrogen-bond donors (Lipinski definition) is 3. The van der Waals surface area contributed by atoms with Crippen LogP contribution in [0.3, 0.4) is 0 Å². The highest BCUT2D eigenvalue weighted by molar-refractivity contribution is 6.32. The molecule has 1 atom stereocenters. The van der Waals surface area contributed by atoms with Gasteiger partial charge in [0.25, 0.3) is 0 Å². The number of methoxy groups -OCH3 is 3. The largest absolute Gasteiger partial charge is 0.497 e. The van der Waals surface area contributed by atoms with E-state index >= 15 is 0 Å². The molecule has 5 heterocycles. The number of benzene rings is 3. The number of nitrogens with one attached hydrogen (secondary N) is 2. The number of rotatable bonds is 6. The lowest BCUT2D eigenvalue weighted by Gasteiger charge is -2.27. The first-order valence-corrected chi connectivity index (χ1v) is 15.6. The minimum atomic E-state index is -1.56. The van der Waals surface area contributed by atoms with Crippen LogP contribution >= 0.6 is 0 Å². The van der Waals surface area contributed by atoms with Crippen molar-refractivity contribution in [1.82, 2.24) is 9.97 Å². The number of aromatic amines is 2. The molecule has 8 heteroatoms. The summed E-state index contributed by atoms with van der Waals surface area (Å²) in [6.07, 6.45) is 8.05. The van der Waals surface area contributed by atoms with Crippen molar-refractivity contribution in [1.29, 1.82) is 0 Å². The van der Waals surface area contributed by atoms with Crippen LogP contribution in [0.4, 0.5) is 0 Å². The zero-order valence-electron chi connectivity index (χ0n) is 26.6. The van der Waals surface area contributed by atoms with Gasteiger partial charge in [-0.3, -0.25) is 0 Å². The van der Waals surface area contributed by atoms with E-state index in [4.69, 9.17) is 24.2 Å². The van der Waals surface area contributed by atoms with Crippen LogP contribution in [0.25, 0.3) is 11.1 Å². The fourth-order valence-corrected chi connectivity index (χ4v) is 6.47. The lowest BCUT2D eigenvalue weighted by molar-refractivity contribution is 0.117. The molecular weight excluding hydrogens is 600 g/mol. The van der Waals surface area contributed by atoms with E-state index in [0.29, 0.717) is 22.7 Å². The second-order valence-corrected chi connectivity index (χ2v) is 11.6. The highest BCUT2D eigenvalue weighted by Crippen LogP contribution is 2.40. The van der Waals surface area contributed by atoms with E-state index < -0.39 is 5.60 Å². The van der Waals surface area contributed by atoms with Crippen LogP contribution < -0.4 is 14.2 Å². The van der Waals surface area contributed by atoms with Gasteiger partial charge in [-0.15, -0.1) is 0 Å². The number of nitrogens with zero attached hydrogens (tertiary/aromatic N) is 2. The number of aliphatic hydroxyl groups is 1. The van der Waals surface area contributed by atoms with Crippen LogP contribution in [0.1, 0.15) is 39.5 Å². The van der Waals surface area contributed by atoms with Gasteiger partial charge in [0, 0.05) is 16.8 Å². The average molecular weight is 633 g/mol. The molecule has 8 bridgehead atoms. The Balaban J connectivity index is 1.40. The maximum atomic E-state index is 12.8. The number of ether oxygens (including phenoxy) is 3. The van der Waals surface area contributed by atoms with Gasteiger partial charge in [0.05, 0.1) is 61.2 Å². The lowest BCUT2D eigenvalue weighted by Crippen LogP contribution is -2.30. The molecule has 3 aliphatic heterocycles. The van der Waals surface area contributed by atoms with Crippen LogP contribution in [0.2, 0.25) is 0 Å². The van der Waals surface area contributed by atoms with Crippen LogP contribution in [0, 0.1) is 0 Å². The van der Waals surface area contributed by atoms with E-state index in [-0.39, 0.29) is 0 Å². The molecule has 1 unspecified atom stereocenters. The van der Waals surface area contributed by atoms with Crippen molar-refractivity contribution in [2.24, 2.45) is 9.98 Å². The van der Waals surface area contributed by atoms with Gasteiger partial charge in [0.2, 0.25) is 0 Å². The lowest BCUT2D eigenvalue weighted by atomic mass is 9.87. The van der Waals surface area contributed by atoms with E-state index in [9.17, 15) is 5.11 Å². The third-order valence-electron chi connectivity index (χ3n) is 9.01. The highest BCUT2D eigenvalue weighted by Gasteiger charge is 2.38. The molecule has 0 spiro atoms. The summed E-state index contributed by atoms with van der Waals surface area (Å²) in [6, 6.07) is 31.1. The van der Waals surface area contributed by atoms with Gasteiger partial charge in [-0.2, -0.15) is 0 Å². The standard InChI is InChI=1S/C40H32N4O4/c1-46-27-10-4-24(5-11-27)38-32-17-16-30(41-32)31-20-22-36(43-31)40(45,26-8-14-29(48-3)15-9-26)37-23-21-35(44-37)39(34-19-18-33(38)42-34)25-6-12-28(47-2)13-7-25/h4-23,43-45H,1-3H3/b38-32-,39-34-. The smallest absolute Gasteiger partial charge is 0.169 e. The minimum Gasteiger partial charge on any atom is -0.497 e. The molecular formula is C40H32N4O4. The zero-order valence-corrected chi connectivity index (χ0v) is 26.6. The van der Waals surface area contributed by atoms with E-state index in [1.165, 1.54) is 0 Å². The van der Waals surface area contributed by atoms with Crippen molar-refractivity contribution < 1.29 is 19.3 Å². The topological polar surface area (TPSA) is 104 Å². The van der Waals surface area contributed by atoms with Crippen molar-refractivity contribution in [2.75, 3.05) is 21.3 Å². The molecule has 0 amide bonds. The Kier molecular flexibility index (Phi) is 7.08. The normalized spacial score (nSPS) is 21.0. The molecule has 2 aromatic heterocycles. The molecule has 8 nitrogen and oxygen atoms in total. The number of hydrogen-bond acceptors (Lipinski definition) is 6. The summed E-state index contributed by atoms with van der Waals surface area (Å²) in [6.45, 7) is 0.